The molecule has 0 radical (unpaired) electrons. The number of benzene rings is 1. The average molecular weight is 192 g/mol. The molecule has 0 amide bonds. The molecule has 0 atom stereocenters. The van der Waals surface area contributed by atoms with Gasteiger partial charge in [-0.05, 0) is 12.5 Å². The Morgan fingerprint density at radius 3 is 2.79 bits per heavy atom. The summed E-state index contributed by atoms with van der Waals surface area (Å²) in [5, 5.41) is 0. The summed E-state index contributed by atoms with van der Waals surface area (Å²) in [6.45, 7) is 2.28. The SMILES string of the molecule is CN=C(NOC=O)c1ccccc1C. The Bertz CT molecular complexity index is 348. The maximum atomic E-state index is 10.0. The predicted octanol–water partition coefficient (Wildman–Crippen LogP) is 1.05. The number of amidine groups is 1. The van der Waals surface area contributed by atoms with Gasteiger partial charge in [-0.1, -0.05) is 24.3 Å². The number of hydrogen-bond donors (Lipinski definition) is 1. The first-order chi connectivity index (χ1) is 6.79. The van der Waals surface area contributed by atoms with Crippen molar-refractivity contribution < 1.29 is 9.63 Å². The van der Waals surface area contributed by atoms with Crippen LogP contribution in [-0.2, 0) is 9.63 Å². The first-order valence-corrected chi connectivity index (χ1v) is 4.17. The van der Waals surface area contributed by atoms with Gasteiger partial charge >= 0.3 is 6.47 Å². The highest BCUT2D eigenvalue weighted by Crippen LogP contribution is 2.06. The normalized spacial score (nSPS) is 10.9. The molecule has 0 spiro atoms. The Morgan fingerprint density at radius 2 is 2.21 bits per heavy atom. The Hall–Kier alpha value is -1.84. The van der Waals surface area contributed by atoms with Crippen LogP contribution in [0.2, 0.25) is 0 Å². The Morgan fingerprint density at radius 1 is 1.50 bits per heavy atom. The van der Waals surface area contributed by atoms with E-state index in [-0.39, 0.29) is 0 Å². The van der Waals surface area contributed by atoms with Crippen molar-refractivity contribution in [3.63, 3.8) is 0 Å². The molecule has 0 aliphatic carbocycles. The standard InChI is InChI=1S/C10H12N2O2/c1-8-5-3-4-6-9(8)10(11-2)12-14-7-13/h3-7H,1-2H3,(H,11,12). The van der Waals surface area contributed by atoms with Gasteiger partial charge in [-0.2, -0.15) is 0 Å². The molecule has 0 fully saturated rings. The van der Waals surface area contributed by atoms with Crippen molar-refractivity contribution in [2.24, 2.45) is 4.99 Å². The number of aryl methyl sites for hydroxylation is 1. The summed E-state index contributed by atoms with van der Waals surface area (Å²) in [5.41, 5.74) is 4.44. The number of hydrogen-bond acceptors (Lipinski definition) is 3. The first-order valence-electron chi connectivity index (χ1n) is 4.17. The topological polar surface area (TPSA) is 50.7 Å². The molecule has 4 nitrogen and oxygen atoms in total. The first kappa shape index (κ1) is 10.2. The van der Waals surface area contributed by atoms with Gasteiger partial charge in [-0.25, -0.2) is 5.48 Å². The van der Waals surface area contributed by atoms with Crippen LogP contribution < -0.4 is 5.48 Å². The van der Waals surface area contributed by atoms with Crippen LogP contribution in [0.5, 0.6) is 0 Å². The number of aliphatic imine (C=N–C) groups is 1. The van der Waals surface area contributed by atoms with E-state index in [2.05, 4.69) is 15.3 Å². The summed E-state index contributed by atoms with van der Waals surface area (Å²) >= 11 is 0. The van der Waals surface area contributed by atoms with Crippen molar-refractivity contribution >= 4 is 12.3 Å². The van der Waals surface area contributed by atoms with Crippen molar-refractivity contribution in [2.75, 3.05) is 7.05 Å². The quantitative estimate of drug-likeness (QED) is 0.337. The fraction of sp³-hybridized carbons (Fsp3) is 0.200. The minimum absolute atomic E-state index is 0.323. The van der Waals surface area contributed by atoms with Crippen LogP contribution in [0.3, 0.4) is 0 Å². The Balaban J connectivity index is 2.90. The summed E-state index contributed by atoms with van der Waals surface area (Å²) in [5.74, 6) is 0.537. The van der Waals surface area contributed by atoms with Crippen LogP contribution in [0, 0.1) is 6.92 Å². The van der Waals surface area contributed by atoms with Gasteiger partial charge in [0.2, 0.25) is 0 Å². The number of hydroxylamine groups is 1. The number of rotatable bonds is 3. The van der Waals surface area contributed by atoms with Crippen LogP contribution in [0.4, 0.5) is 0 Å². The van der Waals surface area contributed by atoms with E-state index in [4.69, 9.17) is 0 Å². The second-order valence-corrected chi connectivity index (χ2v) is 2.70. The van der Waals surface area contributed by atoms with E-state index in [0.29, 0.717) is 12.3 Å². The lowest BCUT2D eigenvalue weighted by molar-refractivity contribution is -0.132. The van der Waals surface area contributed by atoms with Crippen LogP contribution >= 0.6 is 0 Å². The molecule has 1 N–H and O–H groups in total. The monoisotopic (exact) mass is 192 g/mol. The van der Waals surface area contributed by atoms with E-state index in [0.717, 1.165) is 11.1 Å². The molecule has 1 aromatic carbocycles. The van der Waals surface area contributed by atoms with Crippen molar-refractivity contribution in [1.29, 1.82) is 0 Å². The zero-order valence-corrected chi connectivity index (χ0v) is 8.15. The van der Waals surface area contributed by atoms with E-state index in [9.17, 15) is 4.79 Å². The van der Waals surface area contributed by atoms with Crippen LogP contribution in [0.1, 0.15) is 11.1 Å². The highest BCUT2D eigenvalue weighted by molar-refractivity contribution is 5.99. The molecular weight excluding hydrogens is 180 g/mol. The van der Waals surface area contributed by atoms with Gasteiger partial charge in [-0.3, -0.25) is 9.79 Å². The summed E-state index contributed by atoms with van der Waals surface area (Å²) < 4.78 is 0. The van der Waals surface area contributed by atoms with Crippen LogP contribution in [0.25, 0.3) is 0 Å². The van der Waals surface area contributed by atoms with Crippen molar-refractivity contribution in [1.82, 2.24) is 5.48 Å². The molecule has 1 aromatic rings. The number of carbonyl (C=O) groups excluding carboxylic acids is 1. The molecule has 0 bridgehead atoms. The zero-order chi connectivity index (χ0) is 10.4. The Kier molecular flexibility index (Phi) is 3.67. The third-order valence-electron chi connectivity index (χ3n) is 1.83. The molecule has 74 valence electrons. The van der Waals surface area contributed by atoms with Gasteiger partial charge < -0.3 is 4.84 Å². The summed E-state index contributed by atoms with van der Waals surface area (Å²) in [6.07, 6.45) is 0. The van der Waals surface area contributed by atoms with Crippen LogP contribution in [0.15, 0.2) is 29.3 Å². The Labute approximate surface area is 82.6 Å². The van der Waals surface area contributed by atoms with E-state index in [1.807, 2.05) is 31.2 Å². The second-order valence-electron chi connectivity index (χ2n) is 2.70. The molecule has 0 aromatic heterocycles. The molecule has 0 unspecified atom stereocenters. The smallest absolute Gasteiger partial charge is 0.320 e. The molecule has 0 aliphatic heterocycles. The van der Waals surface area contributed by atoms with E-state index >= 15 is 0 Å². The van der Waals surface area contributed by atoms with Crippen molar-refractivity contribution in [3.05, 3.63) is 35.4 Å². The number of carbonyl (C=O) groups is 1. The van der Waals surface area contributed by atoms with Crippen LogP contribution in [-0.4, -0.2) is 19.4 Å². The number of nitrogens with one attached hydrogen (secondary N) is 1. The third-order valence-corrected chi connectivity index (χ3v) is 1.83. The van der Waals surface area contributed by atoms with E-state index in [1.165, 1.54) is 0 Å². The second kappa shape index (κ2) is 5.01. The molecule has 0 aliphatic rings. The molecule has 0 saturated carbocycles. The van der Waals surface area contributed by atoms with Gasteiger partial charge in [0.1, 0.15) is 0 Å². The molecule has 4 heteroatoms. The molecular formula is C10H12N2O2. The summed E-state index contributed by atoms with van der Waals surface area (Å²) in [7, 11) is 1.63. The van der Waals surface area contributed by atoms with Crippen molar-refractivity contribution in [3.8, 4) is 0 Å². The van der Waals surface area contributed by atoms with Gasteiger partial charge in [0.25, 0.3) is 0 Å². The molecule has 0 saturated heterocycles. The lowest BCUT2D eigenvalue weighted by Crippen LogP contribution is -2.24. The largest absolute Gasteiger partial charge is 0.345 e. The maximum Gasteiger partial charge on any atom is 0.320 e. The third kappa shape index (κ3) is 2.32. The summed E-state index contributed by atoms with van der Waals surface area (Å²) in [4.78, 5) is 18.4. The summed E-state index contributed by atoms with van der Waals surface area (Å²) in [6, 6.07) is 7.70. The van der Waals surface area contributed by atoms with E-state index < -0.39 is 0 Å². The minimum atomic E-state index is 0.323. The zero-order valence-electron chi connectivity index (χ0n) is 8.15. The number of nitrogens with zero attached hydrogens (tertiary/aromatic N) is 1. The highest BCUT2D eigenvalue weighted by Gasteiger charge is 2.04. The maximum absolute atomic E-state index is 10.0. The van der Waals surface area contributed by atoms with Gasteiger partial charge in [0.05, 0.1) is 0 Å². The van der Waals surface area contributed by atoms with E-state index in [1.54, 1.807) is 7.05 Å². The lowest BCUT2D eigenvalue weighted by Gasteiger charge is -2.08. The fourth-order valence-corrected chi connectivity index (χ4v) is 1.14. The van der Waals surface area contributed by atoms with Gasteiger partial charge in [0, 0.05) is 12.6 Å². The fourth-order valence-electron chi connectivity index (χ4n) is 1.14. The average Bonchev–Trinajstić information content (AvgIpc) is 2.21. The molecule has 0 heterocycles. The molecule has 1 rings (SSSR count). The van der Waals surface area contributed by atoms with Gasteiger partial charge in [-0.15, -0.1) is 0 Å². The lowest BCUT2D eigenvalue weighted by atomic mass is 10.1. The predicted molar refractivity (Wildman–Crippen MR) is 53.9 cm³/mol. The highest BCUT2D eigenvalue weighted by atomic mass is 16.7. The van der Waals surface area contributed by atoms with Gasteiger partial charge in [0.15, 0.2) is 5.84 Å². The van der Waals surface area contributed by atoms with Crippen molar-refractivity contribution in [2.45, 2.75) is 6.92 Å². The molecule has 14 heavy (non-hydrogen) atoms. The minimum Gasteiger partial charge on any atom is -0.345 e.